The van der Waals surface area contributed by atoms with Crippen molar-refractivity contribution in [2.75, 3.05) is 27.2 Å². The molecule has 0 bridgehead atoms. The normalized spacial score (nSPS) is 15.7. The summed E-state index contributed by atoms with van der Waals surface area (Å²) in [5.41, 5.74) is 3.82. The summed E-state index contributed by atoms with van der Waals surface area (Å²) in [7, 11) is 3.51. The summed E-state index contributed by atoms with van der Waals surface area (Å²) >= 11 is 0. The number of rotatable bonds is 5. The molecular formula is C23H26ClN3O2. The van der Waals surface area contributed by atoms with Crippen LogP contribution < -0.4 is 10.1 Å². The van der Waals surface area contributed by atoms with E-state index in [9.17, 15) is 4.79 Å². The number of hydrogen-bond donors (Lipinski definition) is 1. The molecule has 6 heteroatoms. The molecule has 1 saturated heterocycles. The number of amides is 1. The maximum Gasteiger partial charge on any atom is 0.254 e. The van der Waals surface area contributed by atoms with Crippen LogP contribution in [0.1, 0.15) is 33.8 Å². The molecule has 2 aromatic carbocycles. The number of halogens is 1. The fourth-order valence-electron chi connectivity index (χ4n) is 4.01. The molecule has 2 heterocycles. The number of hydrogen-bond acceptors (Lipinski definition) is 4. The Labute approximate surface area is 177 Å². The lowest BCUT2D eigenvalue weighted by Crippen LogP contribution is -2.28. The first-order valence-electron chi connectivity index (χ1n) is 9.64. The molecule has 1 fully saturated rings. The third-order valence-electron chi connectivity index (χ3n) is 5.49. The topological polar surface area (TPSA) is 54.5 Å². The Hall–Kier alpha value is -2.63. The van der Waals surface area contributed by atoms with Gasteiger partial charge < -0.3 is 15.0 Å². The van der Waals surface area contributed by atoms with Crippen molar-refractivity contribution < 1.29 is 9.53 Å². The van der Waals surface area contributed by atoms with Crippen molar-refractivity contribution in [3.63, 3.8) is 0 Å². The smallest absolute Gasteiger partial charge is 0.254 e. The highest BCUT2D eigenvalue weighted by Gasteiger charge is 2.24. The number of carbonyl (C=O) groups is 1. The van der Waals surface area contributed by atoms with Crippen molar-refractivity contribution in [2.24, 2.45) is 0 Å². The molecule has 29 heavy (non-hydrogen) atoms. The molecule has 0 aliphatic carbocycles. The zero-order valence-electron chi connectivity index (χ0n) is 16.7. The molecule has 1 N–H and O–H groups in total. The van der Waals surface area contributed by atoms with E-state index in [1.54, 1.807) is 18.2 Å². The third-order valence-corrected chi connectivity index (χ3v) is 5.49. The molecule has 4 rings (SSSR count). The third kappa shape index (κ3) is 4.21. The fraction of sp³-hybridized carbons (Fsp3) is 0.304. The van der Waals surface area contributed by atoms with Gasteiger partial charge in [0.2, 0.25) is 0 Å². The zero-order chi connectivity index (χ0) is 19.5. The summed E-state index contributed by atoms with van der Waals surface area (Å²) in [6.45, 7) is 2.46. The molecule has 5 nitrogen and oxygen atoms in total. The molecule has 1 unspecified atom stereocenters. The lowest BCUT2D eigenvalue weighted by molar-refractivity contribution is 0.0784. The van der Waals surface area contributed by atoms with E-state index in [2.05, 4.69) is 16.4 Å². The summed E-state index contributed by atoms with van der Waals surface area (Å²) in [6, 6.07) is 15.9. The Kier molecular flexibility index (Phi) is 6.72. The average Bonchev–Trinajstić information content (AvgIpc) is 3.28. The number of pyridine rings is 1. The van der Waals surface area contributed by atoms with Crippen molar-refractivity contribution in [3.8, 4) is 5.75 Å². The largest absolute Gasteiger partial charge is 0.494 e. The predicted molar refractivity (Wildman–Crippen MR) is 118 cm³/mol. The lowest BCUT2D eigenvalue weighted by atomic mass is 9.93. The molecule has 0 saturated carbocycles. The first-order valence-corrected chi connectivity index (χ1v) is 9.64. The molecule has 1 aromatic heterocycles. The van der Waals surface area contributed by atoms with E-state index in [0.29, 0.717) is 12.5 Å². The van der Waals surface area contributed by atoms with Crippen molar-refractivity contribution in [3.05, 3.63) is 71.4 Å². The van der Waals surface area contributed by atoms with Crippen LogP contribution in [0.15, 0.2) is 54.7 Å². The summed E-state index contributed by atoms with van der Waals surface area (Å²) < 4.78 is 5.43. The Morgan fingerprint density at radius 1 is 1.21 bits per heavy atom. The number of methoxy groups -OCH3 is 1. The number of carbonyl (C=O) groups excluding carboxylic acids is 1. The van der Waals surface area contributed by atoms with E-state index >= 15 is 0 Å². The summed E-state index contributed by atoms with van der Waals surface area (Å²) in [6.07, 6.45) is 2.83. The minimum Gasteiger partial charge on any atom is -0.494 e. The van der Waals surface area contributed by atoms with Gasteiger partial charge in [0.15, 0.2) is 0 Å². The number of nitrogens with one attached hydrogen (secondary N) is 1. The molecule has 1 atom stereocenters. The van der Waals surface area contributed by atoms with Crippen molar-refractivity contribution >= 4 is 29.2 Å². The van der Waals surface area contributed by atoms with Gasteiger partial charge in [-0.15, -0.1) is 12.4 Å². The molecule has 3 aromatic rings. The van der Waals surface area contributed by atoms with E-state index < -0.39 is 0 Å². The first kappa shape index (κ1) is 21.1. The number of aromatic nitrogens is 1. The monoisotopic (exact) mass is 411 g/mol. The van der Waals surface area contributed by atoms with Crippen LogP contribution in [0.3, 0.4) is 0 Å². The standard InChI is InChI=1S/C23H25N3O2.ClH/c1-26(15-17-9-10-21(28-2)22-19(17)8-5-12-25-22)23(27)20-7-4-3-6-18(20)16-11-13-24-14-16;/h3-10,12,16,24H,11,13-15H2,1-2H3;1H. The van der Waals surface area contributed by atoms with Gasteiger partial charge in [-0.3, -0.25) is 9.78 Å². The van der Waals surface area contributed by atoms with Crippen LogP contribution in [-0.4, -0.2) is 43.0 Å². The SMILES string of the molecule is COc1ccc(CN(C)C(=O)c2ccccc2C2CCNC2)c2cccnc12.Cl. The average molecular weight is 412 g/mol. The summed E-state index contributed by atoms with van der Waals surface area (Å²) in [4.78, 5) is 19.5. The zero-order valence-corrected chi connectivity index (χ0v) is 17.5. The van der Waals surface area contributed by atoms with Crippen LogP contribution >= 0.6 is 12.4 Å². The molecule has 0 radical (unpaired) electrons. The second-order valence-corrected chi connectivity index (χ2v) is 7.26. The van der Waals surface area contributed by atoms with Gasteiger partial charge in [0.1, 0.15) is 11.3 Å². The molecule has 0 spiro atoms. The first-order chi connectivity index (χ1) is 13.7. The van der Waals surface area contributed by atoms with Crippen LogP contribution in [0.2, 0.25) is 0 Å². The van der Waals surface area contributed by atoms with Crippen molar-refractivity contribution in [1.29, 1.82) is 0 Å². The van der Waals surface area contributed by atoms with Crippen LogP contribution in [0.25, 0.3) is 10.9 Å². The van der Waals surface area contributed by atoms with Gasteiger partial charge in [0.25, 0.3) is 5.91 Å². The van der Waals surface area contributed by atoms with Gasteiger partial charge in [-0.05, 0) is 48.2 Å². The number of fused-ring (bicyclic) bond motifs is 1. The minimum atomic E-state index is 0. The van der Waals surface area contributed by atoms with E-state index in [-0.39, 0.29) is 18.3 Å². The molecule has 1 aliphatic rings. The van der Waals surface area contributed by atoms with Gasteiger partial charge in [0.05, 0.1) is 7.11 Å². The van der Waals surface area contributed by atoms with E-state index in [0.717, 1.165) is 52.9 Å². The Bertz CT molecular complexity index is 1000. The van der Waals surface area contributed by atoms with Crippen LogP contribution in [0, 0.1) is 0 Å². The second-order valence-electron chi connectivity index (χ2n) is 7.26. The predicted octanol–water partition coefficient (Wildman–Crippen LogP) is 4.01. The van der Waals surface area contributed by atoms with Gasteiger partial charge in [0, 0.05) is 37.3 Å². The van der Waals surface area contributed by atoms with Gasteiger partial charge in [-0.2, -0.15) is 0 Å². The number of nitrogens with zero attached hydrogens (tertiary/aromatic N) is 2. The number of ether oxygens (including phenoxy) is 1. The van der Waals surface area contributed by atoms with E-state index in [1.807, 2.05) is 49.5 Å². The van der Waals surface area contributed by atoms with Crippen LogP contribution in [0.4, 0.5) is 0 Å². The highest BCUT2D eigenvalue weighted by Crippen LogP contribution is 2.29. The van der Waals surface area contributed by atoms with Crippen LogP contribution in [0.5, 0.6) is 5.75 Å². The van der Waals surface area contributed by atoms with Crippen molar-refractivity contribution in [2.45, 2.75) is 18.9 Å². The maximum atomic E-state index is 13.3. The summed E-state index contributed by atoms with van der Waals surface area (Å²) in [5.74, 6) is 1.20. The Balaban J connectivity index is 0.00000240. The molecular weight excluding hydrogens is 386 g/mol. The highest BCUT2D eigenvalue weighted by atomic mass is 35.5. The molecule has 1 aliphatic heterocycles. The van der Waals surface area contributed by atoms with Crippen LogP contribution in [-0.2, 0) is 6.54 Å². The lowest BCUT2D eigenvalue weighted by Gasteiger charge is -2.22. The van der Waals surface area contributed by atoms with E-state index in [4.69, 9.17) is 4.74 Å². The van der Waals surface area contributed by atoms with Gasteiger partial charge >= 0.3 is 0 Å². The maximum absolute atomic E-state index is 13.3. The Morgan fingerprint density at radius 2 is 2.03 bits per heavy atom. The summed E-state index contributed by atoms with van der Waals surface area (Å²) in [5, 5.41) is 4.40. The van der Waals surface area contributed by atoms with Crippen molar-refractivity contribution in [1.82, 2.24) is 15.2 Å². The second kappa shape index (κ2) is 9.25. The fourth-order valence-corrected chi connectivity index (χ4v) is 4.01. The quantitative estimate of drug-likeness (QED) is 0.689. The minimum absolute atomic E-state index is 0. The van der Waals surface area contributed by atoms with Gasteiger partial charge in [-0.1, -0.05) is 30.3 Å². The van der Waals surface area contributed by atoms with E-state index in [1.165, 1.54) is 0 Å². The Morgan fingerprint density at radius 3 is 2.79 bits per heavy atom. The highest BCUT2D eigenvalue weighted by molar-refractivity contribution is 5.96. The molecule has 1 amide bonds. The number of benzene rings is 2. The molecule has 152 valence electrons. The van der Waals surface area contributed by atoms with Gasteiger partial charge in [-0.25, -0.2) is 0 Å².